The van der Waals surface area contributed by atoms with Gasteiger partial charge in [-0.25, -0.2) is 4.98 Å². The Morgan fingerprint density at radius 2 is 1.94 bits per heavy atom. The van der Waals surface area contributed by atoms with Crippen molar-refractivity contribution in [2.75, 3.05) is 5.73 Å². The second kappa shape index (κ2) is 4.10. The van der Waals surface area contributed by atoms with Crippen molar-refractivity contribution < 1.29 is 0 Å². The van der Waals surface area contributed by atoms with Gasteiger partial charge in [-0.15, -0.1) is 0 Å². The fraction of sp³-hybridized carbons (Fsp3) is 0.154. The van der Waals surface area contributed by atoms with E-state index < -0.39 is 0 Å². The monoisotopic (exact) mass is 239 g/mol. The summed E-state index contributed by atoms with van der Waals surface area (Å²) in [6, 6.07) is 11.9. The maximum atomic E-state index is 5.87. The fourth-order valence-electron chi connectivity index (χ4n) is 1.86. The Morgan fingerprint density at radius 3 is 2.67 bits per heavy atom. The van der Waals surface area contributed by atoms with E-state index >= 15 is 0 Å². The summed E-state index contributed by atoms with van der Waals surface area (Å²) in [6.07, 6.45) is 0.756. The zero-order valence-corrected chi connectivity index (χ0v) is 10.0. The summed E-state index contributed by atoms with van der Waals surface area (Å²) in [6.45, 7) is 2.00. The SMILES string of the molecule is CCc1nc(N)n2nc(-c3ccccc3)cc2n1. The molecule has 2 aromatic heterocycles. The van der Waals surface area contributed by atoms with Crippen LogP contribution in [0.25, 0.3) is 16.9 Å². The van der Waals surface area contributed by atoms with Crippen LogP contribution in [0.3, 0.4) is 0 Å². The molecule has 0 spiro atoms. The predicted molar refractivity (Wildman–Crippen MR) is 70.0 cm³/mol. The van der Waals surface area contributed by atoms with E-state index in [1.807, 2.05) is 43.3 Å². The Kier molecular flexibility index (Phi) is 2.44. The lowest BCUT2D eigenvalue weighted by molar-refractivity contribution is 0.857. The van der Waals surface area contributed by atoms with Crippen LogP contribution in [0.1, 0.15) is 12.7 Å². The molecule has 0 aliphatic heterocycles. The molecular weight excluding hydrogens is 226 g/mol. The molecule has 0 fully saturated rings. The summed E-state index contributed by atoms with van der Waals surface area (Å²) in [7, 11) is 0. The van der Waals surface area contributed by atoms with E-state index in [-0.39, 0.29) is 0 Å². The number of fused-ring (bicyclic) bond motifs is 1. The summed E-state index contributed by atoms with van der Waals surface area (Å²) in [4.78, 5) is 8.60. The first-order valence-electron chi connectivity index (χ1n) is 5.85. The highest BCUT2D eigenvalue weighted by Crippen LogP contribution is 2.19. The van der Waals surface area contributed by atoms with Crippen LogP contribution in [0.5, 0.6) is 0 Å². The van der Waals surface area contributed by atoms with Gasteiger partial charge in [-0.1, -0.05) is 37.3 Å². The van der Waals surface area contributed by atoms with Crippen LogP contribution < -0.4 is 5.73 Å². The molecule has 0 aliphatic carbocycles. The van der Waals surface area contributed by atoms with Crippen molar-refractivity contribution >= 4 is 11.6 Å². The molecular formula is C13H13N5. The van der Waals surface area contributed by atoms with Gasteiger partial charge in [0.15, 0.2) is 5.65 Å². The molecule has 0 bridgehead atoms. The summed E-state index contributed by atoms with van der Waals surface area (Å²) in [5.41, 5.74) is 8.50. The third-order valence-electron chi connectivity index (χ3n) is 2.78. The van der Waals surface area contributed by atoms with E-state index in [4.69, 9.17) is 5.73 Å². The molecule has 0 saturated heterocycles. The van der Waals surface area contributed by atoms with Crippen molar-refractivity contribution in [2.24, 2.45) is 0 Å². The first-order valence-corrected chi connectivity index (χ1v) is 5.85. The Balaban J connectivity index is 2.20. The maximum absolute atomic E-state index is 5.87. The first-order chi connectivity index (χ1) is 8.78. The number of nitrogens with zero attached hydrogens (tertiary/aromatic N) is 4. The van der Waals surface area contributed by atoms with Gasteiger partial charge in [0.1, 0.15) is 5.82 Å². The van der Waals surface area contributed by atoms with Gasteiger partial charge in [0.25, 0.3) is 0 Å². The molecule has 2 heterocycles. The van der Waals surface area contributed by atoms with E-state index in [9.17, 15) is 0 Å². The molecule has 0 radical (unpaired) electrons. The van der Waals surface area contributed by atoms with Crippen molar-refractivity contribution in [3.05, 3.63) is 42.2 Å². The van der Waals surface area contributed by atoms with Gasteiger partial charge < -0.3 is 5.73 Å². The van der Waals surface area contributed by atoms with Gasteiger partial charge in [-0.3, -0.25) is 0 Å². The number of benzene rings is 1. The number of nitrogen functional groups attached to an aromatic ring is 1. The summed E-state index contributed by atoms with van der Waals surface area (Å²) in [5.74, 6) is 1.11. The number of aryl methyl sites for hydroxylation is 1. The minimum atomic E-state index is 0.374. The standard InChI is InChI=1S/C13H13N5/c1-2-11-15-12-8-10(9-6-4-3-5-7-9)17-18(12)13(14)16-11/h3-8H,2H2,1H3,(H2,14,15,16). The molecule has 2 N–H and O–H groups in total. The smallest absolute Gasteiger partial charge is 0.224 e. The van der Waals surface area contributed by atoms with Crippen LogP contribution in [0, 0.1) is 0 Å². The molecule has 0 saturated carbocycles. The minimum absolute atomic E-state index is 0.374. The number of nitrogens with two attached hydrogens (primary N) is 1. The minimum Gasteiger partial charge on any atom is -0.368 e. The van der Waals surface area contributed by atoms with E-state index in [0.29, 0.717) is 5.95 Å². The highest BCUT2D eigenvalue weighted by atomic mass is 15.3. The molecule has 0 atom stereocenters. The van der Waals surface area contributed by atoms with Crippen molar-refractivity contribution in [3.63, 3.8) is 0 Å². The molecule has 5 heteroatoms. The zero-order chi connectivity index (χ0) is 12.5. The van der Waals surface area contributed by atoms with Gasteiger partial charge in [-0.2, -0.15) is 14.6 Å². The lowest BCUT2D eigenvalue weighted by atomic mass is 10.2. The highest BCUT2D eigenvalue weighted by Gasteiger charge is 2.09. The molecule has 1 aromatic carbocycles. The van der Waals surface area contributed by atoms with Crippen molar-refractivity contribution in [2.45, 2.75) is 13.3 Å². The third-order valence-corrected chi connectivity index (χ3v) is 2.78. The number of anilines is 1. The van der Waals surface area contributed by atoms with Crippen molar-refractivity contribution in [1.29, 1.82) is 0 Å². The number of rotatable bonds is 2. The number of aromatic nitrogens is 4. The Hall–Kier alpha value is -2.43. The first kappa shape index (κ1) is 10.7. The van der Waals surface area contributed by atoms with Gasteiger partial charge in [0.2, 0.25) is 5.95 Å². The molecule has 0 aliphatic rings. The van der Waals surface area contributed by atoms with Gasteiger partial charge >= 0.3 is 0 Å². The van der Waals surface area contributed by atoms with E-state index in [0.717, 1.165) is 29.1 Å². The summed E-state index contributed by atoms with van der Waals surface area (Å²) >= 11 is 0. The number of hydrogen-bond donors (Lipinski definition) is 1. The van der Waals surface area contributed by atoms with Gasteiger partial charge in [0.05, 0.1) is 5.69 Å². The maximum Gasteiger partial charge on any atom is 0.224 e. The molecule has 3 aromatic rings. The molecule has 3 rings (SSSR count). The Bertz CT molecular complexity index is 687. The summed E-state index contributed by atoms with van der Waals surface area (Å²) < 4.78 is 1.57. The van der Waals surface area contributed by atoms with Crippen LogP contribution >= 0.6 is 0 Å². The van der Waals surface area contributed by atoms with Crippen LogP contribution in [-0.4, -0.2) is 19.6 Å². The molecule has 0 amide bonds. The van der Waals surface area contributed by atoms with Gasteiger partial charge in [0, 0.05) is 18.1 Å². The molecule has 90 valence electrons. The van der Waals surface area contributed by atoms with E-state index in [1.165, 1.54) is 0 Å². The van der Waals surface area contributed by atoms with Crippen molar-refractivity contribution in [1.82, 2.24) is 19.6 Å². The summed E-state index contributed by atoms with van der Waals surface area (Å²) in [5, 5.41) is 4.42. The lowest BCUT2D eigenvalue weighted by Gasteiger charge is -1.99. The lowest BCUT2D eigenvalue weighted by Crippen LogP contribution is -2.06. The van der Waals surface area contributed by atoms with Crippen LogP contribution in [0.2, 0.25) is 0 Å². The molecule has 5 nitrogen and oxygen atoms in total. The highest BCUT2D eigenvalue weighted by molar-refractivity contribution is 5.64. The predicted octanol–water partition coefficient (Wildman–Crippen LogP) is 1.94. The number of hydrogen-bond acceptors (Lipinski definition) is 4. The Morgan fingerprint density at radius 1 is 1.17 bits per heavy atom. The Labute approximate surface area is 104 Å². The van der Waals surface area contributed by atoms with Gasteiger partial charge in [-0.05, 0) is 0 Å². The second-order valence-corrected chi connectivity index (χ2v) is 4.02. The largest absolute Gasteiger partial charge is 0.368 e. The average Bonchev–Trinajstić information content (AvgIpc) is 2.84. The van der Waals surface area contributed by atoms with E-state index in [2.05, 4.69) is 15.1 Å². The van der Waals surface area contributed by atoms with Crippen LogP contribution in [0.15, 0.2) is 36.4 Å². The second-order valence-electron chi connectivity index (χ2n) is 4.02. The van der Waals surface area contributed by atoms with Crippen LogP contribution in [0.4, 0.5) is 5.95 Å². The zero-order valence-electron chi connectivity index (χ0n) is 10.0. The van der Waals surface area contributed by atoms with Crippen LogP contribution in [-0.2, 0) is 6.42 Å². The topological polar surface area (TPSA) is 69.1 Å². The molecule has 0 unspecified atom stereocenters. The average molecular weight is 239 g/mol. The van der Waals surface area contributed by atoms with E-state index in [1.54, 1.807) is 4.52 Å². The quantitative estimate of drug-likeness (QED) is 0.742. The third kappa shape index (κ3) is 1.69. The fourth-order valence-corrected chi connectivity index (χ4v) is 1.86. The normalized spacial score (nSPS) is 10.9. The molecule has 18 heavy (non-hydrogen) atoms. The van der Waals surface area contributed by atoms with Crippen molar-refractivity contribution in [3.8, 4) is 11.3 Å².